The average Bonchev–Trinajstić information content (AvgIpc) is 3.37. The van der Waals surface area contributed by atoms with Crippen molar-refractivity contribution < 1.29 is 4.79 Å². The van der Waals surface area contributed by atoms with Gasteiger partial charge in [-0.05, 0) is 18.2 Å². The molecule has 5 aromatic heterocycles. The lowest BCUT2D eigenvalue weighted by molar-refractivity contribution is 0.103. The Labute approximate surface area is 149 Å². The minimum atomic E-state index is -0.163. The molecule has 0 spiro atoms. The van der Waals surface area contributed by atoms with E-state index in [-0.39, 0.29) is 5.91 Å². The second kappa shape index (κ2) is 5.50. The van der Waals surface area contributed by atoms with Crippen LogP contribution in [-0.2, 0) is 0 Å². The number of nitrogens with zero attached hydrogens (tertiary/aromatic N) is 5. The number of aromatic nitrogens is 5. The fourth-order valence-corrected chi connectivity index (χ4v) is 4.25. The summed E-state index contributed by atoms with van der Waals surface area (Å²) in [5.74, 6) is 0.579. The third kappa shape index (κ3) is 2.41. The van der Waals surface area contributed by atoms with Gasteiger partial charge in [-0.25, -0.2) is 15.0 Å². The van der Waals surface area contributed by atoms with E-state index in [0.717, 1.165) is 21.1 Å². The Balaban J connectivity index is 1.39. The number of carbonyl (C=O) groups is 1. The summed E-state index contributed by atoms with van der Waals surface area (Å²) < 4.78 is 3.79. The van der Waals surface area contributed by atoms with Gasteiger partial charge in [0.15, 0.2) is 4.96 Å². The lowest BCUT2D eigenvalue weighted by Crippen LogP contribution is -2.10. The summed E-state index contributed by atoms with van der Waals surface area (Å²) in [7, 11) is 0. The molecule has 1 amide bonds. The normalized spacial score (nSPS) is 11.4. The van der Waals surface area contributed by atoms with Gasteiger partial charge in [0.25, 0.3) is 5.91 Å². The van der Waals surface area contributed by atoms with Crippen LogP contribution in [0.25, 0.3) is 21.1 Å². The van der Waals surface area contributed by atoms with Gasteiger partial charge in [-0.15, -0.1) is 22.7 Å². The van der Waals surface area contributed by atoms with E-state index in [9.17, 15) is 4.79 Å². The Hall–Kier alpha value is -3.04. The number of pyridine rings is 1. The summed E-state index contributed by atoms with van der Waals surface area (Å²) in [4.78, 5) is 27.8. The number of hydrogen-bond donors (Lipinski definition) is 1. The number of nitrogens with one attached hydrogen (secondary N) is 1. The Morgan fingerprint density at radius 1 is 1.24 bits per heavy atom. The molecule has 0 atom stereocenters. The van der Waals surface area contributed by atoms with Gasteiger partial charge in [0.1, 0.15) is 17.0 Å². The summed E-state index contributed by atoms with van der Waals surface area (Å²) in [6.07, 6.45) is 8.77. The zero-order chi connectivity index (χ0) is 16.8. The molecule has 5 aromatic rings. The minimum absolute atomic E-state index is 0.163. The predicted molar refractivity (Wildman–Crippen MR) is 97.8 cm³/mol. The van der Waals surface area contributed by atoms with Crippen molar-refractivity contribution in [3.05, 3.63) is 59.6 Å². The molecule has 0 aliphatic carbocycles. The van der Waals surface area contributed by atoms with Crippen molar-refractivity contribution in [1.29, 1.82) is 0 Å². The SMILES string of the molecule is O=C(Nc1ccc(-n2ccnc2)nc1)c1cc2c(nc3sccn32)s1. The molecule has 5 heterocycles. The molecule has 0 unspecified atom stereocenters. The number of imidazole rings is 2. The van der Waals surface area contributed by atoms with Crippen LogP contribution in [0, 0.1) is 0 Å². The van der Waals surface area contributed by atoms with E-state index in [2.05, 4.69) is 20.3 Å². The predicted octanol–water partition coefficient (Wildman–Crippen LogP) is 3.44. The van der Waals surface area contributed by atoms with Crippen LogP contribution in [0.2, 0.25) is 0 Å². The van der Waals surface area contributed by atoms with Gasteiger partial charge >= 0.3 is 0 Å². The molecule has 1 N–H and O–H groups in total. The first-order valence-electron chi connectivity index (χ1n) is 7.39. The molecule has 0 aromatic carbocycles. The summed E-state index contributed by atoms with van der Waals surface area (Å²) in [6.45, 7) is 0. The number of hydrogen-bond acceptors (Lipinski definition) is 6. The lowest BCUT2D eigenvalue weighted by atomic mass is 10.3. The van der Waals surface area contributed by atoms with Crippen molar-refractivity contribution >= 4 is 49.6 Å². The first-order valence-corrected chi connectivity index (χ1v) is 9.08. The third-order valence-electron chi connectivity index (χ3n) is 3.74. The molecule has 0 saturated carbocycles. The second-order valence-electron chi connectivity index (χ2n) is 5.30. The lowest BCUT2D eigenvalue weighted by Gasteiger charge is -2.05. The summed E-state index contributed by atoms with van der Waals surface area (Å²) in [5, 5.41) is 4.85. The van der Waals surface area contributed by atoms with Crippen molar-refractivity contribution in [2.75, 3.05) is 5.32 Å². The van der Waals surface area contributed by atoms with Gasteiger partial charge in [-0.3, -0.25) is 13.8 Å². The van der Waals surface area contributed by atoms with Crippen molar-refractivity contribution in [2.45, 2.75) is 0 Å². The van der Waals surface area contributed by atoms with Crippen LogP contribution in [-0.4, -0.2) is 29.8 Å². The fraction of sp³-hybridized carbons (Fsp3) is 0. The van der Waals surface area contributed by atoms with Gasteiger partial charge < -0.3 is 5.32 Å². The van der Waals surface area contributed by atoms with E-state index in [0.29, 0.717) is 10.6 Å². The fourth-order valence-electron chi connectivity index (χ4n) is 2.56. The average molecular weight is 366 g/mol. The molecular weight excluding hydrogens is 356 g/mol. The molecule has 9 heteroatoms. The quantitative estimate of drug-likeness (QED) is 0.531. The number of anilines is 1. The molecule has 0 saturated heterocycles. The van der Waals surface area contributed by atoms with Crippen LogP contribution in [0.1, 0.15) is 9.67 Å². The van der Waals surface area contributed by atoms with Gasteiger partial charge in [-0.1, -0.05) is 0 Å². The summed E-state index contributed by atoms with van der Waals surface area (Å²) in [6, 6.07) is 5.52. The number of rotatable bonds is 3. The maximum atomic E-state index is 12.5. The highest BCUT2D eigenvalue weighted by Gasteiger charge is 2.15. The standard InChI is InChI=1S/C16H10N6OS2/c23-14(12-7-11-15(25-12)20-16-22(11)5-6-24-16)19-10-1-2-13(18-8-10)21-4-3-17-9-21/h1-9H,(H,19,23). The molecule has 0 aliphatic heterocycles. The molecule has 0 bridgehead atoms. The zero-order valence-electron chi connectivity index (χ0n) is 12.7. The highest BCUT2D eigenvalue weighted by atomic mass is 32.1. The highest BCUT2D eigenvalue weighted by Crippen LogP contribution is 2.28. The Morgan fingerprint density at radius 2 is 2.20 bits per heavy atom. The Bertz CT molecular complexity index is 1180. The zero-order valence-corrected chi connectivity index (χ0v) is 14.3. The van der Waals surface area contributed by atoms with Crippen molar-refractivity contribution in [1.82, 2.24) is 23.9 Å². The van der Waals surface area contributed by atoms with Gasteiger partial charge in [0.05, 0.1) is 22.3 Å². The number of carbonyl (C=O) groups excluding carboxylic acids is 1. The number of amides is 1. The van der Waals surface area contributed by atoms with E-state index < -0.39 is 0 Å². The number of fused-ring (bicyclic) bond motifs is 3. The van der Waals surface area contributed by atoms with E-state index in [1.54, 1.807) is 34.6 Å². The minimum Gasteiger partial charge on any atom is -0.320 e. The van der Waals surface area contributed by atoms with Gasteiger partial charge in [0.2, 0.25) is 0 Å². The number of thiophene rings is 1. The number of thiazole rings is 1. The molecule has 122 valence electrons. The first kappa shape index (κ1) is 14.3. The molecule has 0 fully saturated rings. The topological polar surface area (TPSA) is 77.1 Å². The van der Waals surface area contributed by atoms with Crippen LogP contribution in [0.4, 0.5) is 5.69 Å². The van der Waals surface area contributed by atoms with Crippen LogP contribution in [0.15, 0.2) is 54.7 Å². The molecule has 25 heavy (non-hydrogen) atoms. The van der Waals surface area contributed by atoms with Crippen LogP contribution >= 0.6 is 22.7 Å². The molecule has 7 nitrogen and oxygen atoms in total. The smallest absolute Gasteiger partial charge is 0.265 e. The van der Waals surface area contributed by atoms with Crippen LogP contribution in [0.5, 0.6) is 0 Å². The van der Waals surface area contributed by atoms with E-state index in [1.165, 1.54) is 11.3 Å². The maximum absolute atomic E-state index is 12.5. The van der Waals surface area contributed by atoms with Crippen LogP contribution in [0.3, 0.4) is 0 Å². The second-order valence-corrected chi connectivity index (χ2v) is 7.20. The Kier molecular flexibility index (Phi) is 3.15. The van der Waals surface area contributed by atoms with Crippen molar-refractivity contribution in [3.63, 3.8) is 0 Å². The monoisotopic (exact) mass is 366 g/mol. The maximum Gasteiger partial charge on any atom is 0.265 e. The Morgan fingerprint density at radius 3 is 3.00 bits per heavy atom. The van der Waals surface area contributed by atoms with Gasteiger partial charge in [-0.2, -0.15) is 0 Å². The summed E-state index contributed by atoms with van der Waals surface area (Å²) >= 11 is 2.96. The molecular formula is C16H10N6OS2. The molecule has 5 rings (SSSR count). The van der Waals surface area contributed by atoms with Crippen molar-refractivity contribution in [3.8, 4) is 5.82 Å². The summed E-state index contributed by atoms with van der Waals surface area (Å²) in [5.41, 5.74) is 1.60. The molecule has 0 radical (unpaired) electrons. The van der Waals surface area contributed by atoms with Crippen LogP contribution < -0.4 is 5.32 Å². The molecule has 0 aliphatic rings. The highest BCUT2D eigenvalue weighted by molar-refractivity contribution is 7.21. The van der Waals surface area contributed by atoms with Crippen molar-refractivity contribution in [2.24, 2.45) is 0 Å². The third-order valence-corrected chi connectivity index (χ3v) is 5.51. The first-order chi connectivity index (χ1) is 12.3. The van der Waals surface area contributed by atoms with E-state index >= 15 is 0 Å². The largest absolute Gasteiger partial charge is 0.320 e. The van der Waals surface area contributed by atoms with E-state index in [1.807, 2.05) is 40.4 Å². The van der Waals surface area contributed by atoms with E-state index in [4.69, 9.17) is 0 Å². The van der Waals surface area contributed by atoms with Gasteiger partial charge in [0, 0.05) is 24.0 Å².